The van der Waals surface area contributed by atoms with Crippen LogP contribution in [0.3, 0.4) is 0 Å². The highest BCUT2D eigenvalue weighted by Gasteiger charge is 2.49. The second-order valence-corrected chi connectivity index (χ2v) is 27.0. The number of allylic oxidation sites excluding steroid dienone is 1. The minimum atomic E-state index is -0.611. The molecule has 12 rings (SSSR count). The molecular formula is C71H100N20O3. The van der Waals surface area contributed by atoms with Crippen molar-refractivity contribution in [1.29, 1.82) is 0 Å². The normalized spacial score (nSPS) is 18.1. The van der Waals surface area contributed by atoms with E-state index in [1.54, 1.807) is 13.1 Å². The number of hydrogen-bond acceptors (Lipinski definition) is 20. The van der Waals surface area contributed by atoms with Crippen LogP contribution in [0.1, 0.15) is 145 Å². The van der Waals surface area contributed by atoms with Crippen molar-refractivity contribution in [3.8, 4) is 0 Å². The molecule has 3 fully saturated rings. The van der Waals surface area contributed by atoms with E-state index < -0.39 is 10.8 Å². The first-order valence-corrected chi connectivity index (χ1v) is 34.1. The number of pyridine rings is 2. The number of fused-ring (bicyclic) bond motifs is 3. The van der Waals surface area contributed by atoms with Gasteiger partial charge in [0.1, 0.15) is 29.1 Å². The summed E-state index contributed by atoms with van der Waals surface area (Å²) in [6, 6.07) is 17.1. The van der Waals surface area contributed by atoms with E-state index in [2.05, 4.69) is 170 Å². The fourth-order valence-corrected chi connectivity index (χ4v) is 13.5. The van der Waals surface area contributed by atoms with Crippen molar-refractivity contribution >= 4 is 87.4 Å². The van der Waals surface area contributed by atoms with E-state index in [-0.39, 0.29) is 35.2 Å². The van der Waals surface area contributed by atoms with Gasteiger partial charge in [-0.1, -0.05) is 62.0 Å². The van der Waals surface area contributed by atoms with Crippen LogP contribution in [0.25, 0.3) is 0 Å². The van der Waals surface area contributed by atoms with Crippen molar-refractivity contribution in [2.75, 3.05) is 131 Å². The Morgan fingerprint density at radius 1 is 0.479 bits per heavy atom. The molecule has 23 nitrogen and oxygen atoms in total. The quantitative estimate of drug-likeness (QED) is 0.0627. The molecule has 0 radical (unpaired) electrons. The fourth-order valence-electron chi connectivity index (χ4n) is 13.5. The molecule has 23 heteroatoms. The van der Waals surface area contributed by atoms with Crippen LogP contribution in [0.4, 0.5) is 69.7 Å². The van der Waals surface area contributed by atoms with Gasteiger partial charge in [-0.3, -0.25) is 24.2 Å². The fraction of sp³-hybridized carbons (Fsp3) is 0.535. The maximum atomic E-state index is 13.2. The number of nitrogens with one attached hydrogen (secondary N) is 4. The lowest BCUT2D eigenvalue weighted by Crippen LogP contribution is -2.48. The Balaban J connectivity index is 0.000000154. The van der Waals surface area contributed by atoms with Crippen molar-refractivity contribution < 1.29 is 14.4 Å². The average Bonchev–Trinajstić information content (AvgIpc) is 1.61. The summed E-state index contributed by atoms with van der Waals surface area (Å²) in [5.74, 6) is 5.64. The van der Waals surface area contributed by atoms with Gasteiger partial charge in [0.05, 0.1) is 34.6 Å². The second kappa shape index (κ2) is 29.0. The minimum Gasteiger partial charge on any atom is -0.369 e. The van der Waals surface area contributed by atoms with Crippen LogP contribution < -0.4 is 50.7 Å². The van der Waals surface area contributed by atoms with Crippen LogP contribution in [0.5, 0.6) is 0 Å². The number of hydrogen-bond donors (Lipinski definition) is 4. The van der Waals surface area contributed by atoms with Gasteiger partial charge in [-0.25, -0.2) is 24.9 Å². The zero-order valence-electron chi connectivity index (χ0n) is 58.1. The first-order valence-electron chi connectivity index (χ1n) is 34.1. The Morgan fingerprint density at radius 3 is 1.27 bits per heavy atom. The number of likely N-dealkylation sites (N-methyl/N-ethyl adjacent to an activating group) is 1. The number of aromatic nitrogens is 8. The van der Waals surface area contributed by atoms with E-state index in [1.807, 2.05) is 85.4 Å². The molecule has 5 aromatic heterocycles. The van der Waals surface area contributed by atoms with E-state index in [9.17, 15) is 14.4 Å². The number of benzene rings is 1. The summed E-state index contributed by atoms with van der Waals surface area (Å²) in [6.07, 6.45) is 14.9. The Labute approximate surface area is 556 Å². The number of carbonyl (C=O) groups excluding carboxylic acids is 3. The highest BCUT2D eigenvalue weighted by molar-refractivity contribution is 6.08. The summed E-state index contributed by atoms with van der Waals surface area (Å²) in [7, 11) is 2.17. The molecule has 3 amide bonds. The van der Waals surface area contributed by atoms with Gasteiger partial charge < -0.3 is 50.7 Å². The molecule has 6 aliphatic rings. The number of amides is 3. The summed E-state index contributed by atoms with van der Waals surface area (Å²) < 4.78 is 0. The number of carbonyl (C=O) groups is 3. The van der Waals surface area contributed by atoms with Gasteiger partial charge in [-0.15, -0.1) is 0 Å². The maximum absolute atomic E-state index is 13.2. The topological polar surface area (TPSA) is 228 Å². The monoisotopic (exact) mass is 1280 g/mol. The van der Waals surface area contributed by atoms with E-state index in [1.165, 1.54) is 5.69 Å². The largest absolute Gasteiger partial charge is 0.369 e. The zero-order chi connectivity index (χ0) is 67.2. The predicted molar refractivity (Wildman–Crippen MR) is 379 cm³/mol. The Hall–Kier alpha value is -8.57. The molecule has 0 unspecified atom stereocenters. The predicted octanol–water partition coefficient (Wildman–Crippen LogP) is 10.7. The van der Waals surface area contributed by atoms with Crippen LogP contribution in [0.15, 0.2) is 91.8 Å². The first-order chi connectivity index (χ1) is 45.1. The van der Waals surface area contributed by atoms with Crippen LogP contribution in [-0.4, -0.2) is 171 Å². The van der Waals surface area contributed by atoms with Gasteiger partial charge in [0.2, 0.25) is 35.6 Å². The summed E-state index contributed by atoms with van der Waals surface area (Å²) in [5, 5.41) is 13.1. The Bertz CT molecular complexity index is 3600. The van der Waals surface area contributed by atoms with E-state index in [4.69, 9.17) is 15.0 Å². The number of piperazine rings is 3. The molecule has 11 heterocycles. The van der Waals surface area contributed by atoms with Crippen molar-refractivity contribution in [3.05, 3.63) is 108 Å². The zero-order valence-corrected chi connectivity index (χ0v) is 58.1. The number of anilines is 12. The van der Waals surface area contributed by atoms with Crippen molar-refractivity contribution in [3.63, 3.8) is 0 Å². The third-order valence-electron chi connectivity index (χ3n) is 20.0. The summed E-state index contributed by atoms with van der Waals surface area (Å²) in [6.45, 7) is 42.4. The third-order valence-corrected chi connectivity index (χ3v) is 20.0. The van der Waals surface area contributed by atoms with Gasteiger partial charge in [0, 0.05) is 161 Å². The van der Waals surface area contributed by atoms with Gasteiger partial charge >= 0.3 is 0 Å². The second-order valence-electron chi connectivity index (χ2n) is 27.0. The lowest BCUT2D eigenvalue weighted by Gasteiger charge is -2.35. The van der Waals surface area contributed by atoms with E-state index in [0.717, 1.165) is 168 Å². The van der Waals surface area contributed by atoms with E-state index in [0.29, 0.717) is 41.3 Å². The smallest absolute Gasteiger partial charge is 0.238 e. The summed E-state index contributed by atoms with van der Waals surface area (Å²) in [5.41, 5.74) is 6.91. The molecular weight excluding hydrogens is 1180 g/mol. The lowest BCUT2D eigenvalue weighted by molar-refractivity contribution is -0.129. The van der Waals surface area contributed by atoms with Crippen LogP contribution in [0, 0.1) is 0 Å². The van der Waals surface area contributed by atoms with E-state index >= 15 is 0 Å². The van der Waals surface area contributed by atoms with Gasteiger partial charge in [0.25, 0.3) is 0 Å². The SMILES string of the molecule is C=C1N(C(CC)CC)c2nc(Nc3ccc(N4CCN(C(C)=O)CC4)cn3)ncc2C1(C)C.CCC(CC)N1C(=O)C(C)(C)c2cnc(Nc3ccc(N4CCN(C)CC4)cc3)nc21.CCC(CC)N1C(=O)C(C)(C)c2cnc(Nc3ccc(N4CCNCC4)cn3)nc21. The van der Waals surface area contributed by atoms with Crippen molar-refractivity contribution in [2.45, 2.75) is 163 Å². The molecule has 0 spiro atoms. The molecule has 94 heavy (non-hydrogen) atoms. The molecule has 0 aliphatic carbocycles. The van der Waals surface area contributed by atoms with Gasteiger partial charge in [0.15, 0.2) is 0 Å². The van der Waals surface area contributed by atoms with Crippen LogP contribution >= 0.6 is 0 Å². The van der Waals surface area contributed by atoms with Crippen LogP contribution in [0.2, 0.25) is 0 Å². The van der Waals surface area contributed by atoms with Crippen LogP contribution in [-0.2, 0) is 30.6 Å². The maximum Gasteiger partial charge on any atom is 0.238 e. The Morgan fingerprint density at radius 2 is 0.851 bits per heavy atom. The highest BCUT2D eigenvalue weighted by Crippen LogP contribution is 2.48. The van der Waals surface area contributed by atoms with Gasteiger partial charge in [-0.05, 0) is 122 Å². The minimum absolute atomic E-state index is 0.0937. The summed E-state index contributed by atoms with van der Waals surface area (Å²) >= 11 is 0. The summed E-state index contributed by atoms with van der Waals surface area (Å²) in [4.78, 5) is 92.2. The lowest BCUT2D eigenvalue weighted by atomic mass is 9.86. The first kappa shape index (κ1) is 68.3. The molecule has 0 saturated carbocycles. The molecule has 502 valence electrons. The molecule has 6 aromatic rings. The molecule has 6 aliphatic heterocycles. The highest BCUT2D eigenvalue weighted by atomic mass is 16.2. The molecule has 1 aromatic carbocycles. The Kier molecular flexibility index (Phi) is 21.0. The van der Waals surface area contributed by atoms with Gasteiger partial charge in [-0.2, -0.15) is 15.0 Å². The van der Waals surface area contributed by atoms with Crippen molar-refractivity contribution in [2.24, 2.45) is 0 Å². The third kappa shape index (κ3) is 14.1. The molecule has 0 bridgehead atoms. The molecule has 0 atom stereocenters. The molecule has 3 saturated heterocycles. The number of nitrogens with zero attached hydrogens (tertiary/aromatic N) is 16. The van der Waals surface area contributed by atoms with Crippen molar-refractivity contribution in [1.82, 2.24) is 55.0 Å². The molecule has 4 N–H and O–H groups in total. The standard InChI is InChI=1S/C25H35N7O.C24H34N6O.C22H31N7O/c1-7-19(8-2)32-17(3)25(5,6)21-16-27-24(29-23(21)32)28-22-10-9-20(15-26-22)31-13-11-30(12-14-31)18(4)33;1-6-18(7-2)30-21-20(24(3,4)22(30)31)16-25-23(27-21)26-17-8-10-19(11-9-17)29-14-12-28(5)13-15-29;1-5-15(6-2)29-19-17(22(3,4)20(29)30)14-25-21(27-19)26-18-8-7-16(13-24-18)28-11-9-23-10-12-28/h9-10,15-16,19H,3,7-8,11-14H2,1-2,4-6H3,(H,26,27,28,29);8-11,16,18H,6-7,12-15H2,1-5H3,(H,25,26,27);7-8,13-15,23H,5-6,9-12H2,1-4H3,(H,24,25,26,27). The average molecular weight is 1280 g/mol. The number of rotatable bonds is 18.